The third kappa shape index (κ3) is 3.32. The number of hydrogen-bond donors (Lipinski definition) is 0. The summed E-state index contributed by atoms with van der Waals surface area (Å²) in [7, 11) is 1.78. The van der Waals surface area contributed by atoms with Gasteiger partial charge in [0.2, 0.25) is 0 Å². The summed E-state index contributed by atoms with van der Waals surface area (Å²) in [6.45, 7) is 9.30. The number of likely N-dealkylation sites (tertiary alicyclic amines) is 2. The average molecular weight is 337 g/mol. The molecular formula is C18H28N2O2S. The number of piperidine rings is 1. The van der Waals surface area contributed by atoms with Crippen LogP contribution in [0.25, 0.3) is 0 Å². The van der Waals surface area contributed by atoms with Crippen LogP contribution in [0.2, 0.25) is 0 Å². The lowest BCUT2D eigenvalue weighted by atomic mass is 9.71. The van der Waals surface area contributed by atoms with Crippen LogP contribution >= 0.6 is 11.3 Å². The van der Waals surface area contributed by atoms with Crippen LogP contribution in [-0.2, 0) is 4.74 Å². The molecule has 0 aromatic carbocycles. The molecule has 1 aromatic rings. The molecule has 2 aliphatic heterocycles. The monoisotopic (exact) mass is 336 g/mol. The highest BCUT2D eigenvalue weighted by atomic mass is 32.1. The van der Waals surface area contributed by atoms with E-state index in [1.54, 1.807) is 18.4 Å². The molecule has 0 bridgehead atoms. The van der Waals surface area contributed by atoms with Gasteiger partial charge >= 0.3 is 0 Å². The summed E-state index contributed by atoms with van der Waals surface area (Å²) >= 11 is 1.59. The van der Waals surface area contributed by atoms with Gasteiger partial charge in [0.15, 0.2) is 0 Å². The Bertz CT molecular complexity index is 521. The van der Waals surface area contributed by atoms with Gasteiger partial charge in [-0.1, -0.05) is 0 Å². The molecule has 4 nitrogen and oxygen atoms in total. The Kier molecular flexibility index (Phi) is 5.09. The second kappa shape index (κ2) is 6.91. The molecule has 128 valence electrons. The Morgan fingerprint density at radius 3 is 2.74 bits per heavy atom. The first-order valence-electron chi connectivity index (χ1n) is 8.60. The molecule has 23 heavy (non-hydrogen) atoms. The van der Waals surface area contributed by atoms with E-state index in [2.05, 4.69) is 23.6 Å². The first-order chi connectivity index (χ1) is 11.1. The molecule has 2 fully saturated rings. The lowest BCUT2D eigenvalue weighted by Gasteiger charge is -2.43. The van der Waals surface area contributed by atoms with E-state index in [-0.39, 0.29) is 11.3 Å². The molecule has 0 aliphatic carbocycles. The molecule has 3 rings (SSSR count). The molecule has 0 saturated carbocycles. The van der Waals surface area contributed by atoms with Crippen molar-refractivity contribution in [3.8, 4) is 0 Å². The number of methoxy groups -OCH3 is 1. The van der Waals surface area contributed by atoms with E-state index in [1.165, 1.54) is 12.8 Å². The summed E-state index contributed by atoms with van der Waals surface area (Å²) in [5.41, 5.74) is 1.08. The number of hydrogen-bond acceptors (Lipinski definition) is 4. The van der Waals surface area contributed by atoms with Gasteiger partial charge in [-0.05, 0) is 56.6 Å². The highest BCUT2D eigenvalue weighted by molar-refractivity contribution is 7.08. The molecule has 5 heteroatoms. The van der Waals surface area contributed by atoms with E-state index in [1.807, 2.05) is 16.8 Å². The van der Waals surface area contributed by atoms with Crippen molar-refractivity contribution in [2.45, 2.75) is 32.7 Å². The second-order valence-corrected chi connectivity index (χ2v) is 8.12. The molecule has 0 radical (unpaired) electrons. The minimum absolute atomic E-state index is 0.190. The van der Waals surface area contributed by atoms with Crippen molar-refractivity contribution in [2.24, 2.45) is 11.3 Å². The van der Waals surface area contributed by atoms with Crippen molar-refractivity contribution in [1.82, 2.24) is 9.80 Å². The summed E-state index contributed by atoms with van der Waals surface area (Å²) in [4.78, 5) is 17.4. The summed E-state index contributed by atoms with van der Waals surface area (Å²) in [5, 5.41) is 3.94. The van der Waals surface area contributed by atoms with Crippen LogP contribution in [-0.4, -0.2) is 61.6 Å². The van der Waals surface area contributed by atoms with E-state index in [0.29, 0.717) is 12.0 Å². The first kappa shape index (κ1) is 16.9. The fourth-order valence-electron chi connectivity index (χ4n) is 4.24. The second-order valence-electron chi connectivity index (χ2n) is 7.34. The van der Waals surface area contributed by atoms with Crippen molar-refractivity contribution in [3.63, 3.8) is 0 Å². The number of nitrogens with zero attached hydrogens (tertiary/aromatic N) is 2. The molecule has 1 aromatic heterocycles. The van der Waals surface area contributed by atoms with Gasteiger partial charge in [0.25, 0.3) is 5.91 Å². The summed E-state index contributed by atoms with van der Waals surface area (Å²) in [6.07, 6.45) is 2.35. The highest BCUT2D eigenvalue weighted by Crippen LogP contribution is 2.45. The van der Waals surface area contributed by atoms with Crippen molar-refractivity contribution in [1.29, 1.82) is 0 Å². The molecule has 2 aliphatic rings. The zero-order valence-corrected chi connectivity index (χ0v) is 15.3. The molecule has 1 spiro atoms. The molecule has 0 unspecified atom stereocenters. The Hall–Kier alpha value is -0.910. The van der Waals surface area contributed by atoms with Gasteiger partial charge in [-0.15, -0.1) is 0 Å². The maximum atomic E-state index is 12.7. The van der Waals surface area contributed by atoms with Crippen molar-refractivity contribution < 1.29 is 9.53 Å². The topological polar surface area (TPSA) is 32.8 Å². The number of ether oxygens (including phenoxy) is 1. The summed E-state index contributed by atoms with van der Waals surface area (Å²) in [5.74, 6) is 0.653. The van der Waals surface area contributed by atoms with Crippen LogP contribution in [0.5, 0.6) is 0 Å². The van der Waals surface area contributed by atoms with Crippen LogP contribution in [0.1, 0.15) is 37.0 Å². The van der Waals surface area contributed by atoms with E-state index >= 15 is 0 Å². The van der Waals surface area contributed by atoms with Crippen LogP contribution in [0.3, 0.4) is 0 Å². The molecule has 1 atom stereocenters. The largest absolute Gasteiger partial charge is 0.384 e. The van der Waals surface area contributed by atoms with Gasteiger partial charge in [0, 0.05) is 37.5 Å². The fourth-order valence-corrected chi connectivity index (χ4v) is 4.87. The van der Waals surface area contributed by atoms with Crippen LogP contribution < -0.4 is 0 Å². The van der Waals surface area contributed by atoms with Gasteiger partial charge in [-0.2, -0.15) is 11.3 Å². The Balaban J connectivity index is 1.73. The first-order valence-corrected chi connectivity index (χ1v) is 9.54. The van der Waals surface area contributed by atoms with Gasteiger partial charge in [0.1, 0.15) is 0 Å². The molecular weight excluding hydrogens is 308 g/mol. The normalized spacial score (nSPS) is 24.7. The number of amides is 1. The third-order valence-electron chi connectivity index (χ3n) is 5.76. The van der Waals surface area contributed by atoms with Crippen LogP contribution in [0.4, 0.5) is 0 Å². The average Bonchev–Trinajstić information content (AvgIpc) is 3.17. The minimum Gasteiger partial charge on any atom is -0.384 e. The van der Waals surface area contributed by atoms with Crippen molar-refractivity contribution in [3.05, 3.63) is 22.4 Å². The lowest BCUT2D eigenvalue weighted by Crippen LogP contribution is -2.47. The predicted molar refractivity (Wildman–Crippen MR) is 94.0 cm³/mol. The van der Waals surface area contributed by atoms with Crippen LogP contribution in [0, 0.1) is 11.3 Å². The highest BCUT2D eigenvalue weighted by Gasteiger charge is 2.49. The number of carbonyl (C=O) groups is 1. The van der Waals surface area contributed by atoms with E-state index < -0.39 is 0 Å². The summed E-state index contributed by atoms with van der Waals surface area (Å²) < 4.78 is 5.50. The molecule has 2 saturated heterocycles. The minimum atomic E-state index is 0.190. The standard InChI is InChI=1S/C18H28N2O2S/c1-14(2)19-7-5-18(6-8-19)13-20(10-16(18)11-22-3)17(21)15-4-9-23-12-15/h4,9,12,14,16H,5-8,10-11,13H2,1-3H3/t16-/m1/s1. The van der Waals surface area contributed by atoms with E-state index in [9.17, 15) is 4.79 Å². The third-order valence-corrected chi connectivity index (χ3v) is 6.44. The van der Waals surface area contributed by atoms with Crippen LogP contribution in [0.15, 0.2) is 16.8 Å². The van der Waals surface area contributed by atoms with Crippen molar-refractivity contribution in [2.75, 3.05) is 39.9 Å². The predicted octanol–water partition coefficient (Wildman–Crippen LogP) is 2.96. The Morgan fingerprint density at radius 1 is 1.43 bits per heavy atom. The smallest absolute Gasteiger partial charge is 0.254 e. The SMILES string of the molecule is COC[C@H]1CN(C(=O)c2ccsc2)CC12CCN(C(C)C)CC2. The van der Waals surface area contributed by atoms with Gasteiger partial charge in [-0.25, -0.2) is 0 Å². The molecule has 1 amide bonds. The maximum absolute atomic E-state index is 12.7. The van der Waals surface area contributed by atoms with E-state index in [4.69, 9.17) is 4.74 Å². The van der Waals surface area contributed by atoms with E-state index in [0.717, 1.165) is 38.3 Å². The van der Waals surface area contributed by atoms with Gasteiger partial charge < -0.3 is 14.5 Å². The number of carbonyl (C=O) groups excluding carboxylic acids is 1. The maximum Gasteiger partial charge on any atom is 0.254 e. The Labute approximate surface area is 143 Å². The number of thiophene rings is 1. The summed E-state index contributed by atoms with van der Waals surface area (Å²) in [6, 6.07) is 2.54. The quantitative estimate of drug-likeness (QED) is 0.847. The Morgan fingerprint density at radius 2 is 2.17 bits per heavy atom. The van der Waals surface area contributed by atoms with Crippen molar-refractivity contribution >= 4 is 17.2 Å². The number of rotatable bonds is 4. The lowest BCUT2D eigenvalue weighted by molar-refractivity contribution is 0.0279. The van der Waals surface area contributed by atoms with Gasteiger partial charge in [0.05, 0.1) is 12.2 Å². The zero-order valence-electron chi connectivity index (χ0n) is 14.5. The molecule has 3 heterocycles. The zero-order chi connectivity index (χ0) is 16.4. The fraction of sp³-hybridized carbons (Fsp3) is 0.722. The molecule has 0 N–H and O–H groups in total. The van der Waals surface area contributed by atoms with Gasteiger partial charge in [-0.3, -0.25) is 4.79 Å².